The van der Waals surface area contributed by atoms with Crippen LogP contribution in [-0.4, -0.2) is 59.2 Å². The van der Waals surface area contributed by atoms with Crippen LogP contribution in [0.5, 0.6) is 0 Å². The Balaban J connectivity index is 1.87. The average molecular weight is 306 g/mol. The Hall–Kier alpha value is -2.08. The zero-order valence-corrected chi connectivity index (χ0v) is 12.8. The number of piperazine rings is 1. The summed E-state index contributed by atoms with van der Waals surface area (Å²) >= 11 is 0. The van der Waals surface area contributed by atoms with Gasteiger partial charge in [-0.15, -0.1) is 0 Å². The quantitative estimate of drug-likeness (QED) is 0.888. The van der Waals surface area contributed by atoms with Gasteiger partial charge in [0.15, 0.2) is 0 Å². The molecule has 6 nitrogen and oxygen atoms in total. The van der Waals surface area contributed by atoms with Gasteiger partial charge in [-0.3, -0.25) is 9.69 Å². The van der Waals surface area contributed by atoms with E-state index in [1.165, 1.54) is 4.90 Å². The molecule has 0 radical (unpaired) electrons. The van der Waals surface area contributed by atoms with Crippen molar-refractivity contribution in [1.29, 1.82) is 0 Å². The zero-order valence-electron chi connectivity index (χ0n) is 12.8. The van der Waals surface area contributed by atoms with Crippen molar-refractivity contribution in [2.75, 3.05) is 26.2 Å². The van der Waals surface area contributed by atoms with Gasteiger partial charge < -0.3 is 14.7 Å². The van der Waals surface area contributed by atoms with Gasteiger partial charge in [-0.2, -0.15) is 0 Å². The second kappa shape index (κ2) is 7.79. The van der Waals surface area contributed by atoms with Gasteiger partial charge in [0.25, 0.3) is 0 Å². The third-order valence-electron chi connectivity index (χ3n) is 3.77. The predicted octanol–water partition coefficient (Wildman–Crippen LogP) is 1.24. The molecular weight excluding hydrogens is 284 g/mol. The summed E-state index contributed by atoms with van der Waals surface area (Å²) in [5, 5.41) is 8.84. The maximum absolute atomic E-state index is 12.2. The van der Waals surface area contributed by atoms with E-state index in [0.29, 0.717) is 26.1 Å². The van der Waals surface area contributed by atoms with Crippen LogP contribution in [0, 0.1) is 0 Å². The molecule has 1 N–H and O–H groups in total. The highest BCUT2D eigenvalue weighted by molar-refractivity contribution is 5.86. The third-order valence-corrected chi connectivity index (χ3v) is 3.77. The molecule has 6 heteroatoms. The summed E-state index contributed by atoms with van der Waals surface area (Å²) in [6.45, 7) is 3.41. The van der Waals surface area contributed by atoms with Gasteiger partial charge in [-0.1, -0.05) is 30.3 Å². The van der Waals surface area contributed by atoms with E-state index >= 15 is 0 Å². The molecule has 1 aromatic carbocycles. The maximum Gasteiger partial charge on any atom is 0.410 e. The van der Waals surface area contributed by atoms with Crippen molar-refractivity contribution >= 4 is 12.0 Å². The summed E-state index contributed by atoms with van der Waals surface area (Å²) < 4.78 is 5.28. The first-order valence-corrected chi connectivity index (χ1v) is 7.50. The number of nitrogens with zero attached hydrogens (tertiary/aromatic N) is 2. The smallest absolute Gasteiger partial charge is 0.410 e. The Morgan fingerprint density at radius 1 is 1.32 bits per heavy atom. The van der Waals surface area contributed by atoms with E-state index in [0.717, 1.165) is 5.56 Å². The molecule has 1 heterocycles. The molecule has 2 amide bonds. The van der Waals surface area contributed by atoms with Crippen molar-refractivity contribution in [3.05, 3.63) is 35.9 Å². The lowest BCUT2D eigenvalue weighted by Gasteiger charge is -2.38. The fraction of sp³-hybridized carbons (Fsp3) is 0.500. The number of aliphatic hydroxyl groups is 1. The number of amides is 2. The van der Waals surface area contributed by atoms with Crippen molar-refractivity contribution < 1.29 is 19.4 Å². The molecule has 1 saturated heterocycles. The molecule has 1 aliphatic rings. The van der Waals surface area contributed by atoms with E-state index in [-0.39, 0.29) is 19.1 Å². The average Bonchev–Trinajstić information content (AvgIpc) is 2.55. The van der Waals surface area contributed by atoms with Crippen LogP contribution in [-0.2, 0) is 16.1 Å². The van der Waals surface area contributed by atoms with Crippen LogP contribution in [0.4, 0.5) is 4.79 Å². The molecule has 0 spiro atoms. The number of rotatable bonds is 5. The van der Waals surface area contributed by atoms with E-state index in [4.69, 9.17) is 9.84 Å². The van der Waals surface area contributed by atoms with Gasteiger partial charge in [0, 0.05) is 26.2 Å². The first-order chi connectivity index (χ1) is 10.6. The van der Waals surface area contributed by atoms with Crippen molar-refractivity contribution in [1.82, 2.24) is 9.80 Å². The maximum atomic E-state index is 12.2. The fourth-order valence-corrected chi connectivity index (χ4v) is 2.47. The zero-order chi connectivity index (χ0) is 15.9. The van der Waals surface area contributed by atoms with Crippen LogP contribution in [0.3, 0.4) is 0 Å². The van der Waals surface area contributed by atoms with E-state index in [1.54, 1.807) is 11.8 Å². The molecule has 0 aliphatic carbocycles. The predicted molar refractivity (Wildman–Crippen MR) is 81.1 cm³/mol. The Kier molecular flexibility index (Phi) is 5.77. The van der Waals surface area contributed by atoms with Crippen molar-refractivity contribution in [3.63, 3.8) is 0 Å². The number of hydrogen-bond donors (Lipinski definition) is 1. The Morgan fingerprint density at radius 2 is 2.05 bits per heavy atom. The number of benzene rings is 1. The molecule has 1 aromatic rings. The molecule has 1 fully saturated rings. The van der Waals surface area contributed by atoms with Gasteiger partial charge in [0.2, 0.25) is 5.91 Å². The highest BCUT2D eigenvalue weighted by Gasteiger charge is 2.34. The first-order valence-electron chi connectivity index (χ1n) is 7.50. The summed E-state index contributed by atoms with van der Waals surface area (Å²) in [6, 6.07) is 8.90. The third kappa shape index (κ3) is 3.98. The largest absolute Gasteiger partial charge is 0.445 e. The monoisotopic (exact) mass is 306 g/mol. The standard InChI is InChI=1S/C16H22N2O4/c1-13-15(20)17(8-5-11-19)9-10-18(13)16(21)22-12-14-6-3-2-4-7-14/h2-4,6-7,13,19H,5,8-12H2,1H3. The lowest BCUT2D eigenvalue weighted by atomic mass is 10.2. The SMILES string of the molecule is CC1C(=O)N(CCCO)CCN1C(=O)OCc1ccccc1. The van der Waals surface area contributed by atoms with Crippen LogP contribution in [0.15, 0.2) is 30.3 Å². The van der Waals surface area contributed by atoms with Crippen LogP contribution in [0.2, 0.25) is 0 Å². The molecule has 1 aliphatic heterocycles. The highest BCUT2D eigenvalue weighted by atomic mass is 16.6. The second-order valence-electron chi connectivity index (χ2n) is 5.31. The van der Waals surface area contributed by atoms with Gasteiger partial charge in [0.1, 0.15) is 12.6 Å². The summed E-state index contributed by atoms with van der Waals surface area (Å²) in [5.74, 6) is -0.101. The Bertz CT molecular complexity index is 506. The highest BCUT2D eigenvalue weighted by Crippen LogP contribution is 2.14. The minimum atomic E-state index is -0.532. The minimum absolute atomic E-state index is 0.0565. The number of hydrogen-bond acceptors (Lipinski definition) is 4. The summed E-state index contributed by atoms with van der Waals surface area (Å²) in [6.07, 6.45) is 0.0863. The fourth-order valence-electron chi connectivity index (χ4n) is 2.47. The van der Waals surface area contributed by atoms with Crippen LogP contribution >= 0.6 is 0 Å². The first kappa shape index (κ1) is 16.3. The molecule has 2 rings (SSSR count). The van der Waals surface area contributed by atoms with Crippen molar-refractivity contribution in [2.45, 2.75) is 26.0 Å². The van der Waals surface area contributed by atoms with Crippen LogP contribution < -0.4 is 0 Å². The van der Waals surface area contributed by atoms with Gasteiger partial charge in [-0.05, 0) is 18.9 Å². The van der Waals surface area contributed by atoms with Gasteiger partial charge in [-0.25, -0.2) is 4.79 Å². The van der Waals surface area contributed by atoms with E-state index in [9.17, 15) is 9.59 Å². The molecule has 0 bridgehead atoms. The van der Waals surface area contributed by atoms with Crippen LogP contribution in [0.1, 0.15) is 18.9 Å². The summed E-state index contributed by atoms with van der Waals surface area (Å²) in [5.41, 5.74) is 0.913. The summed E-state index contributed by atoms with van der Waals surface area (Å²) in [4.78, 5) is 27.5. The lowest BCUT2D eigenvalue weighted by molar-refractivity contribution is -0.140. The molecule has 1 atom stereocenters. The number of aliphatic hydroxyl groups excluding tert-OH is 1. The summed E-state index contributed by atoms with van der Waals surface area (Å²) in [7, 11) is 0. The Labute approximate surface area is 130 Å². The normalized spacial score (nSPS) is 18.5. The van der Waals surface area contributed by atoms with E-state index < -0.39 is 12.1 Å². The molecular formula is C16H22N2O4. The van der Waals surface area contributed by atoms with Gasteiger partial charge in [0.05, 0.1) is 0 Å². The van der Waals surface area contributed by atoms with Crippen molar-refractivity contribution in [3.8, 4) is 0 Å². The molecule has 120 valence electrons. The van der Waals surface area contributed by atoms with E-state index in [1.807, 2.05) is 30.3 Å². The number of carbonyl (C=O) groups excluding carboxylic acids is 2. The van der Waals surface area contributed by atoms with Crippen molar-refractivity contribution in [2.24, 2.45) is 0 Å². The minimum Gasteiger partial charge on any atom is -0.445 e. The van der Waals surface area contributed by atoms with Gasteiger partial charge >= 0.3 is 6.09 Å². The molecule has 22 heavy (non-hydrogen) atoms. The van der Waals surface area contributed by atoms with E-state index in [2.05, 4.69) is 0 Å². The topological polar surface area (TPSA) is 70.1 Å². The number of ether oxygens (including phenoxy) is 1. The lowest BCUT2D eigenvalue weighted by Crippen LogP contribution is -2.57. The van der Waals surface area contributed by atoms with Crippen LogP contribution in [0.25, 0.3) is 0 Å². The molecule has 0 aromatic heterocycles. The molecule has 1 unspecified atom stereocenters. The number of carbonyl (C=O) groups is 2. The second-order valence-corrected chi connectivity index (χ2v) is 5.31. The molecule has 0 saturated carbocycles. The Morgan fingerprint density at radius 3 is 2.73 bits per heavy atom.